The van der Waals surface area contributed by atoms with Crippen LogP contribution in [0.3, 0.4) is 0 Å². The first-order valence-electron chi connectivity index (χ1n) is 11.5. The van der Waals surface area contributed by atoms with Gasteiger partial charge < -0.3 is 10.2 Å². The number of nitrogens with one attached hydrogen (secondary N) is 1. The summed E-state index contributed by atoms with van der Waals surface area (Å²) in [6.45, 7) is 4.18. The van der Waals surface area contributed by atoms with Crippen molar-refractivity contribution in [1.29, 1.82) is 0 Å². The second-order valence-corrected chi connectivity index (χ2v) is 9.36. The molecule has 2 atom stereocenters. The van der Waals surface area contributed by atoms with Crippen molar-refractivity contribution in [3.8, 4) is 0 Å². The number of amides is 2. The number of hydrogen-bond acceptors (Lipinski definition) is 2. The van der Waals surface area contributed by atoms with E-state index in [1.54, 1.807) is 23.1 Å². The van der Waals surface area contributed by atoms with Crippen LogP contribution < -0.4 is 5.32 Å². The molecule has 3 rings (SSSR count). The topological polar surface area (TPSA) is 49.4 Å². The Morgan fingerprint density at radius 1 is 0.941 bits per heavy atom. The molecule has 0 spiro atoms. The fourth-order valence-corrected chi connectivity index (χ4v) is 3.95. The highest BCUT2D eigenvalue weighted by molar-refractivity contribution is 9.10. The van der Waals surface area contributed by atoms with Crippen LogP contribution in [0.1, 0.15) is 37.0 Å². The zero-order valence-corrected chi connectivity index (χ0v) is 21.1. The van der Waals surface area contributed by atoms with Gasteiger partial charge in [0.2, 0.25) is 11.8 Å². The van der Waals surface area contributed by atoms with Crippen LogP contribution >= 0.6 is 15.9 Å². The van der Waals surface area contributed by atoms with Gasteiger partial charge in [-0.25, -0.2) is 4.39 Å². The molecule has 0 aliphatic carbocycles. The van der Waals surface area contributed by atoms with E-state index in [0.717, 1.165) is 22.0 Å². The van der Waals surface area contributed by atoms with E-state index in [1.807, 2.05) is 68.4 Å². The predicted molar refractivity (Wildman–Crippen MR) is 137 cm³/mol. The van der Waals surface area contributed by atoms with E-state index in [0.29, 0.717) is 12.0 Å². The summed E-state index contributed by atoms with van der Waals surface area (Å²) in [5.41, 5.74) is 2.15. The molecule has 4 nitrogen and oxygen atoms in total. The average molecular weight is 525 g/mol. The highest BCUT2D eigenvalue weighted by atomic mass is 79.9. The summed E-state index contributed by atoms with van der Waals surface area (Å²) in [4.78, 5) is 28.6. The molecule has 0 aromatic heterocycles. The third kappa shape index (κ3) is 7.26. The molecule has 34 heavy (non-hydrogen) atoms. The van der Waals surface area contributed by atoms with E-state index < -0.39 is 11.9 Å². The van der Waals surface area contributed by atoms with Crippen molar-refractivity contribution in [2.75, 3.05) is 0 Å². The van der Waals surface area contributed by atoms with E-state index in [2.05, 4.69) is 21.2 Å². The fraction of sp³-hybridized carbons (Fsp3) is 0.286. The lowest BCUT2D eigenvalue weighted by atomic mass is 10.0. The normalized spacial score (nSPS) is 12.6. The van der Waals surface area contributed by atoms with Crippen molar-refractivity contribution in [2.24, 2.45) is 0 Å². The SMILES string of the molecule is CCC(C)NC(=O)C(Cc1ccccc1)N(Cc1ccc(Br)cc1)C(=O)Cc1ccccc1F. The predicted octanol–water partition coefficient (Wildman–Crippen LogP) is 5.69. The zero-order valence-electron chi connectivity index (χ0n) is 19.5. The lowest BCUT2D eigenvalue weighted by Crippen LogP contribution is -2.52. The number of hydrogen-bond donors (Lipinski definition) is 1. The third-order valence-electron chi connectivity index (χ3n) is 5.84. The molecule has 6 heteroatoms. The van der Waals surface area contributed by atoms with Crippen LogP contribution in [-0.2, 0) is 29.0 Å². The molecule has 0 saturated heterocycles. The fourth-order valence-electron chi connectivity index (χ4n) is 3.69. The Labute approximate surface area is 209 Å². The van der Waals surface area contributed by atoms with Gasteiger partial charge in [0.15, 0.2) is 0 Å². The van der Waals surface area contributed by atoms with Crippen LogP contribution in [0.15, 0.2) is 83.3 Å². The summed E-state index contributed by atoms with van der Waals surface area (Å²) in [5.74, 6) is -0.937. The molecule has 2 amide bonds. The molecule has 0 aliphatic rings. The summed E-state index contributed by atoms with van der Waals surface area (Å²) in [7, 11) is 0. The molecule has 0 fully saturated rings. The first-order chi connectivity index (χ1) is 16.4. The number of benzene rings is 3. The highest BCUT2D eigenvalue weighted by Gasteiger charge is 2.31. The Hall–Kier alpha value is -2.99. The molecule has 3 aromatic rings. The van der Waals surface area contributed by atoms with Gasteiger partial charge in [0.25, 0.3) is 0 Å². The summed E-state index contributed by atoms with van der Waals surface area (Å²) < 4.78 is 15.3. The molecule has 178 valence electrons. The third-order valence-corrected chi connectivity index (χ3v) is 6.37. The number of nitrogens with zero attached hydrogens (tertiary/aromatic N) is 1. The van der Waals surface area contributed by atoms with E-state index in [1.165, 1.54) is 6.07 Å². The van der Waals surface area contributed by atoms with Crippen LogP contribution in [0.5, 0.6) is 0 Å². The maximum absolute atomic E-state index is 14.4. The van der Waals surface area contributed by atoms with Crippen LogP contribution in [0.4, 0.5) is 4.39 Å². The second-order valence-electron chi connectivity index (χ2n) is 8.44. The number of carbonyl (C=O) groups excluding carboxylic acids is 2. The lowest BCUT2D eigenvalue weighted by Gasteiger charge is -2.32. The minimum atomic E-state index is -0.737. The largest absolute Gasteiger partial charge is 0.352 e. The summed E-state index contributed by atoms with van der Waals surface area (Å²) in [5, 5.41) is 3.04. The Morgan fingerprint density at radius 2 is 1.59 bits per heavy atom. The van der Waals surface area contributed by atoms with Gasteiger partial charge in [-0.2, -0.15) is 0 Å². The van der Waals surface area contributed by atoms with Crippen LogP contribution in [0.2, 0.25) is 0 Å². The molecular weight excluding hydrogens is 495 g/mol. The van der Waals surface area contributed by atoms with Crippen molar-refractivity contribution in [3.05, 3.63) is 106 Å². The highest BCUT2D eigenvalue weighted by Crippen LogP contribution is 2.19. The molecule has 1 N–H and O–H groups in total. The quantitative estimate of drug-likeness (QED) is 0.370. The van der Waals surface area contributed by atoms with Gasteiger partial charge in [0.05, 0.1) is 6.42 Å². The van der Waals surface area contributed by atoms with Gasteiger partial charge in [-0.15, -0.1) is 0 Å². The molecule has 0 radical (unpaired) electrons. The van der Waals surface area contributed by atoms with Crippen molar-refractivity contribution in [1.82, 2.24) is 10.2 Å². The van der Waals surface area contributed by atoms with Crippen molar-refractivity contribution >= 4 is 27.7 Å². The second kappa shape index (κ2) is 12.5. The Kier molecular flexibility index (Phi) is 9.40. The van der Waals surface area contributed by atoms with Crippen molar-refractivity contribution in [3.63, 3.8) is 0 Å². The van der Waals surface area contributed by atoms with Crippen LogP contribution in [-0.4, -0.2) is 28.8 Å². The van der Waals surface area contributed by atoms with E-state index >= 15 is 0 Å². The van der Waals surface area contributed by atoms with Crippen molar-refractivity contribution in [2.45, 2.75) is 51.7 Å². The number of carbonyl (C=O) groups is 2. The van der Waals surface area contributed by atoms with Gasteiger partial charge >= 0.3 is 0 Å². The Balaban J connectivity index is 1.97. The first-order valence-corrected chi connectivity index (χ1v) is 12.3. The maximum Gasteiger partial charge on any atom is 0.243 e. The zero-order chi connectivity index (χ0) is 24.5. The van der Waals surface area contributed by atoms with Crippen LogP contribution in [0.25, 0.3) is 0 Å². The molecule has 0 heterocycles. The molecule has 0 saturated carbocycles. The van der Waals surface area contributed by atoms with E-state index in [4.69, 9.17) is 0 Å². The Morgan fingerprint density at radius 3 is 2.24 bits per heavy atom. The minimum Gasteiger partial charge on any atom is -0.352 e. The average Bonchev–Trinajstić information content (AvgIpc) is 2.84. The molecule has 0 bridgehead atoms. The van der Waals surface area contributed by atoms with Gasteiger partial charge in [-0.3, -0.25) is 9.59 Å². The summed E-state index contributed by atoms with van der Waals surface area (Å²) in [6, 6.07) is 22.8. The lowest BCUT2D eigenvalue weighted by molar-refractivity contribution is -0.141. The van der Waals surface area contributed by atoms with Crippen molar-refractivity contribution < 1.29 is 14.0 Å². The number of rotatable bonds is 10. The van der Waals surface area contributed by atoms with Gasteiger partial charge in [0, 0.05) is 23.5 Å². The summed E-state index contributed by atoms with van der Waals surface area (Å²) >= 11 is 3.44. The monoisotopic (exact) mass is 524 g/mol. The van der Waals surface area contributed by atoms with Crippen LogP contribution in [0, 0.1) is 5.82 Å². The van der Waals surface area contributed by atoms with Gasteiger partial charge in [0.1, 0.15) is 11.9 Å². The van der Waals surface area contributed by atoms with Gasteiger partial charge in [-0.1, -0.05) is 83.5 Å². The van der Waals surface area contributed by atoms with E-state index in [-0.39, 0.29) is 30.8 Å². The standard InChI is InChI=1S/C28H30BrFN2O2/c1-3-20(2)31-28(34)26(17-21-9-5-4-6-10-21)32(19-22-13-15-24(29)16-14-22)27(33)18-23-11-7-8-12-25(23)30/h4-16,20,26H,3,17-19H2,1-2H3,(H,31,34). The Bertz CT molecular complexity index is 1090. The smallest absolute Gasteiger partial charge is 0.243 e. The first kappa shape index (κ1) is 25.6. The molecular formula is C28H30BrFN2O2. The molecule has 2 unspecified atom stereocenters. The molecule has 0 aliphatic heterocycles. The maximum atomic E-state index is 14.4. The number of halogens is 2. The minimum absolute atomic E-state index is 0.0260. The molecule has 3 aromatic carbocycles. The van der Waals surface area contributed by atoms with E-state index in [9.17, 15) is 14.0 Å². The van der Waals surface area contributed by atoms with Gasteiger partial charge in [-0.05, 0) is 48.2 Å². The summed E-state index contributed by atoms with van der Waals surface area (Å²) in [6.07, 6.45) is 1.02.